The molecule has 1 amide bonds. The molecule has 4 nitrogen and oxygen atoms in total. The number of rotatable bonds is 3. The molecule has 1 aromatic heterocycles. The molecular formula is C16H13ClN2O2. The van der Waals surface area contributed by atoms with E-state index in [2.05, 4.69) is 10.3 Å². The van der Waals surface area contributed by atoms with Crippen molar-refractivity contribution in [1.82, 2.24) is 4.98 Å². The van der Waals surface area contributed by atoms with Crippen LogP contribution in [0.2, 0.25) is 0 Å². The van der Waals surface area contributed by atoms with Crippen molar-refractivity contribution in [3.63, 3.8) is 0 Å². The van der Waals surface area contributed by atoms with Gasteiger partial charge in [0.05, 0.1) is 0 Å². The molecule has 3 aromatic rings. The molecule has 1 heterocycles. The minimum absolute atomic E-state index is 0.230. The average Bonchev–Trinajstić information content (AvgIpc) is 2.91. The first kappa shape index (κ1) is 13.6. The number of carbonyl (C=O) groups excluding carboxylic acids is 1. The van der Waals surface area contributed by atoms with Crippen molar-refractivity contribution in [3.05, 3.63) is 48.5 Å². The lowest BCUT2D eigenvalue weighted by atomic mass is 10.2. The van der Waals surface area contributed by atoms with Crippen molar-refractivity contribution in [1.29, 1.82) is 0 Å². The average molecular weight is 301 g/mol. The Morgan fingerprint density at radius 2 is 1.90 bits per heavy atom. The highest BCUT2D eigenvalue weighted by atomic mass is 35.5. The number of halogens is 1. The molecular weight excluding hydrogens is 288 g/mol. The maximum absolute atomic E-state index is 11.5. The fourth-order valence-electron chi connectivity index (χ4n) is 1.93. The zero-order valence-electron chi connectivity index (χ0n) is 11.3. The summed E-state index contributed by atoms with van der Waals surface area (Å²) in [7, 11) is 0. The molecule has 106 valence electrons. The highest BCUT2D eigenvalue weighted by Crippen LogP contribution is 2.25. The Bertz CT molecular complexity index is 745. The predicted octanol–water partition coefficient (Wildman–Crippen LogP) is 4.06. The van der Waals surface area contributed by atoms with Crippen LogP contribution in [0.4, 0.5) is 5.69 Å². The third kappa shape index (κ3) is 2.90. The van der Waals surface area contributed by atoms with E-state index in [0.29, 0.717) is 11.6 Å². The topological polar surface area (TPSA) is 55.1 Å². The first-order valence-corrected chi connectivity index (χ1v) is 6.98. The van der Waals surface area contributed by atoms with Crippen LogP contribution in [-0.2, 0) is 4.79 Å². The van der Waals surface area contributed by atoms with Crippen molar-refractivity contribution in [2.75, 3.05) is 5.32 Å². The first-order chi connectivity index (χ1) is 10.1. The van der Waals surface area contributed by atoms with Crippen molar-refractivity contribution in [2.24, 2.45) is 0 Å². The van der Waals surface area contributed by atoms with E-state index in [1.54, 1.807) is 19.1 Å². The Morgan fingerprint density at radius 1 is 1.19 bits per heavy atom. The number of hydrogen-bond donors (Lipinski definition) is 1. The SMILES string of the molecule is C[C@H](Cl)C(=O)Nc1ccc(-c2nc3ccccc3o2)cc1. The largest absolute Gasteiger partial charge is 0.436 e. The number of aromatic nitrogens is 1. The van der Waals surface area contributed by atoms with Gasteiger partial charge in [-0.05, 0) is 43.3 Å². The molecule has 1 atom stereocenters. The maximum atomic E-state index is 11.5. The summed E-state index contributed by atoms with van der Waals surface area (Å²) in [6.45, 7) is 1.63. The summed E-state index contributed by atoms with van der Waals surface area (Å²) in [5, 5.41) is 2.16. The van der Waals surface area contributed by atoms with Crippen LogP contribution in [0, 0.1) is 0 Å². The summed E-state index contributed by atoms with van der Waals surface area (Å²) in [5.41, 5.74) is 3.11. The standard InChI is InChI=1S/C16H13ClN2O2/c1-10(17)15(20)18-12-8-6-11(7-9-12)16-19-13-4-2-3-5-14(13)21-16/h2-10H,1H3,(H,18,20)/t10-/m0/s1. The van der Waals surface area contributed by atoms with E-state index in [1.807, 2.05) is 36.4 Å². The summed E-state index contributed by atoms with van der Waals surface area (Å²) in [6.07, 6.45) is 0. The lowest BCUT2D eigenvalue weighted by Gasteiger charge is -2.06. The van der Waals surface area contributed by atoms with E-state index in [9.17, 15) is 4.79 Å². The van der Waals surface area contributed by atoms with Crippen molar-refractivity contribution in [3.8, 4) is 11.5 Å². The Labute approximate surface area is 126 Å². The molecule has 0 bridgehead atoms. The highest BCUT2D eigenvalue weighted by Gasteiger charge is 2.10. The van der Waals surface area contributed by atoms with Gasteiger partial charge in [-0.25, -0.2) is 4.98 Å². The predicted molar refractivity (Wildman–Crippen MR) is 83.4 cm³/mol. The van der Waals surface area contributed by atoms with E-state index in [-0.39, 0.29) is 5.91 Å². The second kappa shape index (κ2) is 5.58. The molecule has 0 fully saturated rings. The first-order valence-electron chi connectivity index (χ1n) is 6.54. The van der Waals surface area contributed by atoms with E-state index in [0.717, 1.165) is 16.7 Å². The van der Waals surface area contributed by atoms with Gasteiger partial charge >= 0.3 is 0 Å². The Kier molecular flexibility index (Phi) is 3.62. The maximum Gasteiger partial charge on any atom is 0.242 e. The summed E-state index contributed by atoms with van der Waals surface area (Å²) in [4.78, 5) is 15.9. The molecule has 0 aliphatic rings. The number of carbonyl (C=O) groups is 1. The monoisotopic (exact) mass is 300 g/mol. The van der Waals surface area contributed by atoms with Gasteiger partial charge in [0, 0.05) is 11.3 Å². The molecule has 0 aliphatic carbocycles. The highest BCUT2D eigenvalue weighted by molar-refractivity contribution is 6.32. The van der Waals surface area contributed by atoms with E-state index >= 15 is 0 Å². The number of hydrogen-bond acceptors (Lipinski definition) is 3. The van der Waals surface area contributed by atoms with E-state index in [4.69, 9.17) is 16.0 Å². The minimum atomic E-state index is -0.568. The molecule has 0 saturated heterocycles. The normalized spacial score (nSPS) is 12.3. The smallest absolute Gasteiger partial charge is 0.242 e. The fourth-order valence-corrected chi connectivity index (χ4v) is 1.99. The second-order valence-corrected chi connectivity index (χ2v) is 5.32. The molecule has 0 unspecified atom stereocenters. The molecule has 0 saturated carbocycles. The van der Waals surface area contributed by atoms with Gasteiger partial charge < -0.3 is 9.73 Å². The lowest BCUT2D eigenvalue weighted by Crippen LogP contribution is -2.20. The van der Waals surface area contributed by atoms with Gasteiger partial charge in [-0.2, -0.15) is 0 Å². The molecule has 0 spiro atoms. The van der Waals surface area contributed by atoms with Crippen LogP contribution in [0.3, 0.4) is 0 Å². The molecule has 0 radical (unpaired) electrons. The molecule has 3 rings (SSSR count). The molecule has 2 aromatic carbocycles. The number of nitrogens with one attached hydrogen (secondary N) is 1. The minimum Gasteiger partial charge on any atom is -0.436 e. The molecule has 0 aliphatic heterocycles. The zero-order chi connectivity index (χ0) is 14.8. The van der Waals surface area contributed by atoms with Crippen LogP contribution in [0.15, 0.2) is 52.9 Å². The van der Waals surface area contributed by atoms with Crippen LogP contribution < -0.4 is 5.32 Å². The van der Waals surface area contributed by atoms with Crippen molar-refractivity contribution in [2.45, 2.75) is 12.3 Å². The van der Waals surface area contributed by atoms with Crippen LogP contribution >= 0.6 is 11.6 Å². The quantitative estimate of drug-likeness (QED) is 0.742. The zero-order valence-corrected chi connectivity index (χ0v) is 12.1. The summed E-state index contributed by atoms with van der Waals surface area (Å²) < 4.78 is 5.69. The second-order valence-electron chi connectivity index (χ2n) is 4.67. The van der Waals surface area contributed by atoms with E-state index < -0.39 is 5.38 Å². The van der Waals surface area contributed by atoms with Gasteiger partial charge in [-0.15, -0.1) is 11.6 Å². The molecule has 5 heteroatoms. The summed E-state index contributed by atoms with van der Waals surface area (Å²) in [5.74, 6) is 0.325. The number of amides is 1. The Hall–Kier alpha value is -2.33. The van der Waals surface area contributed by atoms with Gasteiger partial charge in [-0.3, -0.25) is 4.79 Å². The third-order valence-corrected chi connectivity index (χ3v) is 3.25. The Balaban J connectivity index is 1.85. The van der Waals surface area contributed by atoms with Crippen LogP contribution in [0.5, 0.6) is 0 Å². The number of alkyl halides is 1. The van der Waals surface area contributed by atoms with Crippen LogP contribution in [0.25, 0.3) is 22.6 Å². The van der Waals surface area contributed by atoms with Crippen LogP contribution in [0.1, 0.15) is 6.92 Å². The van der Waals surface area contributed by atoms with Gasteiger partial charge in [-0.1, -0.05) is 12.1 Å². The number of para-hydroxylation sites is 2. The number of nitrogens with zero attached hydrogens (tertiary/aromatic N) is 1. The van der Waals surface area contributed by atoms with Crippen LogP contribution in [-0.4, -0.2) is 16.3 Å². The van der Waals surface area contributed by atoms with E-state index in [1.165, 1.54) is 0 Å². The van der Waals surface area contributed by atoms with Gasteiger partial charge in [0.15, 0.2) is 5.58 Å². The number of oxazole rings is 1. The van der Waals surface area contributed by atoms with Crippen molar-refractivity contribution < 1.29 is 9.21 Å². The summed E-state index contributed by atoms with van der Waals surface area (Å²) in [6, 6.07) is 14.9. The number of anilines is 1. The molecule has 1 N–H and O–H groups in total. The van der Waals surface area contributed by atoms with Gasteiger partial charge in [0.25, 0.3) is 0 Å². The number of fused-ring (bicyclic) bond motifs is 1. The van der Waals surface area contributed by atoms with Crippen molar-refractivity contribution >= 4 is 34.3 Å². The number of benzene rings is 2. The lowest BCUT2D eigenvalue weighted by molar-refractivity contribution is -0.115. The van der Waals surface area contributed by atoms with Gasteiger partial charge in [0.1, 0.15) is 10.9 Å². The van der Waals surface area contributed by atoms with Gasteiger partial charge in [0.2, 0.25) is 11.8 Å². The fraction of sp³-hybridized carbons (Fsp3) is 0.125. The Morgan fingerprint density at radius 3 is 2.57 bits per heavy atom. The summed E-state index contributed by atoms with van der Waals surface area (Å²) >= 11 is 5.71. The third-order valence-electron chi connectivity index (χ3n) is 3.05. The molecule has 21 heavy (non-hydrogen) atoms.